The average Bonchev–Trinajstić information content (AvgIpc) is 3.06. The second-order valence-corrected chi connectivity index (χ2v) is 5.98. The van der Waals surface area contributed by atoms with Crippen LogP contribution in [0.4, 0.5) is 5.69 Å². The lowest BCUT2D eigenvalue weighted by Gasteiger charge is -2.17. The molecule has 1 aliphatic heterocycles. The number of hydrogen-bond acceptors (Lipinski definition) is 3. The van der Waals surface area contributed by atoms with E-state index >= 15 is 0 Å². The molecule has 102 valence electrons. The third kappa shape index (κ3) is 2.39. The van der Waals surface area contributed by atoms with E-state index in [-0.39, 0.29) is 11.7 Å². The number of anilines is 1. The van der Waals surface area contributed by atoms with E-state index in [0.717, 1.165) is 28.1 Å². The molecule has 0 fully saturated rings. The van der Waals surface area contributed by atoms with Crippen molar-refractivity contribution in [3.05, 3.63) is 51.7 Å². The maximum Gasteiger partial charge on any atom is 0.232 e. The van der Waals surface area contributed by atoms with E-state index in [1.165, 1.54) is 0 Å². The molecule has 2 heterocycles. The third-order valence-corrected chi connectivity index (χ3v) is 4.46. The van der Waals surface area contributed by atoms with E-state index in [0.29, 0.717) is 13.0 Å². The molecule has 0 bridgehead atoms. The molecule has 4 heteroatoms. The van der Waals surface area contributed by atoms with Gasteiger partial charge >= 0.3 is 0 Å². The highest BCUT2D eigenvalue weighted by Gasteiger charge is 2.25. The Morgan fingerprint density at radius 2 is 2.15 bits per heavy atom. The Morgan fingerprint density at radius 3 is 2.85 bits per heavy atom. The smallest absolute Gasteiger partial charge is 0.232 e. The summed E-state index contributed by atoms with van der Waals surface area (Å²) in [6, 6.07) is 9.56. The van der Waals surface area contributed by atoms with Crippen LogP contribution in [0.1, 0.15) is 27.7 Å². The summed E-state index contributed by atoms with van der Waals surface area (Å²) in [4.78, 5) is 26.7. The van der Waals surface area contributed by atoms with E-state index in [1.54, 1.807) is 24.3 Å². The molecule has 1 aliphatic rings. The minimum atomic E-state index is 0.0659. The number of carbonyl (C=O) groups excluding carboxylic acids is 2. The van der Waals surface area contributed by atoms with Crippen LogP contribution in [0.2, 0.25) is 0 Å². The number of rotatable bonds is 3. The SMILES string of the molecule is CC(=O)c1ccc2c(c1)CCN2C(=O)Cc1cccs1. The van der Waals surface area contributed by atoms with Crippen LogP contribution in [0.15, 0.2) is 35.7 Å². The standard InChI is InChI=1S/C16H15NO2S/c1-11(18)12-4-5-15-13(9-12)6-7-17(15)16(19)10-14-3-2-8-20-14/h2-5,8-9H,6-7,10H2,1H3. The van der Waals surface area contributed by atoms with E-state index in [1.807, 2.05) is 34.5 Å². The van der Waals surface area contributed by atoms with Crippen LogP contribution in [-0.2, 0) is 17.6 Å². The second-order valence-electron chi connectivity index (χ2n) is 4.95. The quantitative estimate of drug-likeness (QED) is 0.813. The number of amides is 1. The molecule has 0 radical (unpaired) electrons. The van der Waals surface area contributed by atoms with Gasteiger partial charge in [0.2, 0.25) is 5.91 Å². The lowest BCUT2D eigenvalue weighted by Crippen LogP contribution is -2.30. The van der Waals surface area contributed by atoms with Crippen molar-refractivity contribution in [3.63, 3.8) is 0 Å². The molecule has 0 saturated heterocycles. The van der Waals surface area contributed by atoms with Crippen molar-refractivity contribution in [1.29, 1.82) is 0 Å². The first-order valence-corrected chi connectivity index (χ1v) is 7.50. The van der Waals surface area contributed by atoms with Crippen LogP contribution >= 0.6 is 11.3 Å². The zero-order chi connectivity index (χ0) is 14.1. The van der Waals surface area contributed by atoms with Crippen molar-refractivity contribution in [2.24, 2.45) is 0 Å². The fourth-order valence-electron chi connectivity index (χ4n) is 2.54. The molecule has 0 atom stereocenters. The molecule has 0 N–H and O–H groups in total. The largest absolute Gasteiger partial charge is 0.312 e. The van der Waals surface area contributed by atoms with Gasteiger partial charge in [-0.15, -0.1) is 11.3 Å². The summed E-state index contributed by atoms with van der Waals surface area (Å²) in [5, 5.41) is 1.99. The fraction of sp³-hybridized carbons (Fsp3) is 0.250. The normalized spacial score (nSPS) is 13.3. The van der Waals surface area contributed by atoms with Gasteiger partial charge in [0.25, 0.3) is 0 Å². The van der Waals surface area contributed by atoms with Gasteiger partial charge in [0.1, 0.15) is 0 Å². The lowest BCUT2D eigenvalue weighted by atomic mass is 10.1. The molecular weight excluding hydrogens is 270 g/mol. The van der Waals surface area contributed by atoms with Gasteiger partial charge in [0.15, 0.2) is 5.78 Å². The summed E-state index contributed by atoms with van der Waals surface area (Å²) in [5.74, 6) is 0.193. The predicted molar refractivity (Wildman–Crippen MR) is 80.5 cm³/mol. The second kappa shape index (κ2) is 5.21. The van der Waals surface area contributed by atoms with E-state index in [2.05, 4.69) is 0 Å². The van der Waals surface area contributed by atoms with Crippen LogP contribution in [0, 0.1) is 0 Å². The number of hydrogen-bond donors (Lipinski definition) is 0. The number of fused-ring (bicyclic) bond motifs is 1. The molecule has 1 aromatic heterocycles. The summed E-state index contributed by atoms with van der Waals surface area (Å²) in [5.41, 5.74) is 2.77. The van der Waals surface area contributed by atoms with Gasteiger partial charge < -0.3 is 4.90 Å². The number of benzene rings is 1. The van der Waals surface area contributed by atoms with Gasteiger partial charge in [-0.2, -0.15) is 0 Å². The topological polar surface area (TPSA) is 37.4 Å². The summed E-state index contributed by atoms with van der Waals surface area (Å²) < 4.78 is 0. The molecule has 3 rings (SSSR count). The van der Waals surface area contributed by atoms with Gasteiger partial charge in [0, 0.05) is 22.7 Å². The number of thiophene rings is 1. The van der Waals surface area contributed by atoms with Gasteiger partial charge in [-0.05, 0) is 48.6 Å². The maximum atomic E-state index is 12.4. The fourth-order valence-corrected chi connectivity index (χ4v) is 3.23. The number of nitrogens with zero attached hydrogens (tertiary/aromatic N) is 1. The molecule has 20 heavy (non-hydrogen) atoms. The van der Waals surface area contributed by atoms with Crippen molar-refractivity contribution in [3.8, 4) is 0 Å². The first-order valence-electron chi connectivity index (χ1n) is 6.62. The minimum absolute atomic E-state index is 0.0659. The summed E-state index contributed by atoms with van der Waals surface area (Å²) in [7, 11) is 0. The molecule has 0 spiro atoms. The Balaban J connectivity index is 1.82. The highest BCUT2D eigenvalue weighted by Crippen LogP contribution is 2.29. The van der Waals surface area contributed by atoms with Gasteiger partial charge in [-0.3, -0.25) is 9.59 Å². The summed E-state index contributed by atoms with van der Waals surface area (Å²) in [6.45, 7) is 2.28. The predicted octanol–water partition coefficient (Wildman–Crippen LogP) is 3.08. The van der Waals surface area contributed by atoms with Crippen molar-refractivity contribution in [2.75, 3.05) is 11.4 Å². The Kier molecular flexibility index (Phi) is 3.40. The van der Waals surface area contributed by atoms with Crippen LogP contribution < -0.4 is 4.90 Å². The zero-order valence-corrected chi connectivity index (χ0v) is 12.1. The van der Waals surface area contributed by atoms with Crippen LogP contribution in [0.25, 0.3) is 0 Å². The first-order chi connectivity index (χ1) is 9.65. The van der Waals surface area contributed by atoms with E-state index < -0.39 is 0 Å². The number of ketones is 1. The van der Waals surface area contributed by atoms with Crippen molar-refractivity contribution in [2.45, 2.75) is 19.8 Å². The van der Waals surface area contributed by atoms with Gasteiger partial charge in [-0.1, -0.05) is 6.07 Å². The monoisotopic (exact) mass is 285 g/mol. The lowest BCUT2D eigenvalue weighted by molar-refractivity contribution is -0.117. The Morgan fingerprint density at radius 1 is 1.30 bits per heavy atom. The van der Waals surface area contributed by atoms with Crippen LogP contribution in [0.5, 0.6) is 0 Å². The number of carbonyl (C=O) groups is 2. The van der Waals surface area contributed by atoms with Crippen molar-refractivity contribution in [1.82, 2.24) is 0 Å². The van der Waals surface area contributed by atoms with Gasteiger partial charge in [-0.25, -0.2) is 0 Å². The highest BCUT2D eigenvalue weighted by molar-refractivity contribution is 7.10. The van der Waals surface area contributed by atoms with Crippen molar-refractivity contribution >= 4 is 28.7 Å². The maximum absolute atomic E-state index is 12.4. The van der Waals surface area contributed by atoms with E-state index in [9.17, 15) is 9.59 Å². The molecule has 0 aliphatic carbocycles. The highest BCUT2D eigenvalue weighted by atomic mass is 32.1. The average molecular weight is 285 g/mol. The number of Topliss-reactive ketones (excluding diaryl/α,β-unsaturated/α-hetero) is 1. The molecule has 1 amide bonds. The van der Waals surface area contributed by atoms with Crippen molar-refractivity contribution < 1.29 is 9.59 Å². The molecule has 0 saturated carbocycles. The Labute approximate surface area is 121 Å². The summed E-state index contributed by atoms with van der Waals surface area (Å²) in [6.07, 6.45) is 1.28. The van der Waals surface area contributed by atoms with Crippen LogP contribution in [0.3, 0.4) is 0 Å². The minimum Gasteiger partial charge on any atom is -0.312 e. The third-order valence-electron chi connectivity index (χ3n) is 3.59. The molecule has 0 unspecified atom stereocenters. The molecule has 3 nitrogen and oxygen atoms in total. The Hall–Kier alpha value is -1.94. The molecule has 2 aromatic rings. The first kappa shape index (κ1) is 13.1. The summed E-state index contributed by atoms with van der Waals surface area (Å²) >= 11 is 1.61. The van der Waals surface area contributed by atoms with Gasteiger partial charge in [0.05, 0.1) is 6.42 Å². The van der Waals surface area contributed by atoms with E-state index in [4.69, 9.17) is 0 Å². The zero-order valence-electron chi connectivity index (χ0n) is 11.3. The Bertz CT molecular complexity index is 661. The van der Waals surface area contributed by atoms with Crippen LogP contribution in [-0.4, -0.2) is 18.2 Å². The molecular formula is C16H15NO2S. The molecule has 1 aromatic carbocycles.